The number of likely N-dealkylation sites (tertiary alicyclic amines) is 1. The first-order valence-corrected chi connectivity index (χ1v) is 10.3. The van der Waals surface area contributed by atoms with Crippen LogP contribution in [0.4, 0.5) is 0 Å². The van der Waals surface area contributed by atoms with Crippen molar-refractivity contribution in [2.45, 2.75) is 45.7 Å². The molecule has 0 radical (unpaired) electrons. The average molecular weight is 424 g/mol. The van der Waals surface area contributed by atoms with Crippen LogP contribution in [0.15, 0.2) is 28.8 Å². The maximum absolute atomic E-state index is 12.7. The zero-order valence-electron chi connectivity index (χ0n) is 17.7. The van der Waals surface area contributed by atoms with Gasteiger partial charge in [0.25, 0.3) is 23.6 Å². The van der Waals surface area contributed by atoms with E-state index in [4.69, 9.17) is 4.52 Å². The third-order valence-corrected chi connectivity index (χ3v) is 5.66. The summed E-state index contributed by atoms with van der Waals surface area (Å²) in [6.45, 7) is 6.27. The Labute approximate surface area is 179 Å². The number of amides is 4. The summed E-state index contributed by atoms with van der Waals surface area (Å²) < 4.78 is 4.96. The molecule has 1 N–H and O–H groups in total. The maximum atomic E-state index is 12.7. The first kappa shape index (κ1) is 20.8. The van der Waals surface area contributed by atoms with Gasteiger partial charge in [0.15, 0.2) is 5.69 Å². The SMILES string of the molecule is Cc1cc(C(=O)N2CCC(NC(=O)c3ccc4c(c3)C(=O)N(C(C)C)C4=O)CC2)no1. The van der Waals surface area contributed by atoms with Gasteiger partial charge in [-0.2, -0.15) is 0 Å². The van der Waals surface area contributed by atoms with Gasteiger partial charge in [-0.25, -0.2) is 0 Å². The van der Waals surface area contributed by atoms with Gasteiger partial charge in [-0.15, -0.1) is 0 Å². The van der Waals surface area contributed by atoms with E-state index >= 15 is 0 Å². The number of imide groups is 1. The van der Waals surface area contributed by atoms with E-state index in [-0.39, 0.29) is 47.0 Å². The zero-order valence-corrected chi connectivity index (χ0v) is 17.7. The van der Waals surface area contributed by atoms with Crippen molar-refractivity contribution in [3.63, 3.8) is 0 Å². The molecule has 2 aromatic rings. The molecule has 0 spiro atoms. The van der Waals surface area contributed by atoms with Gasteiger partial charge in [-0.3, -0.25) is 24.1 Å². The molecule has 3 heterocycles. The maximum Gasteiger partial charge on any atom is 0.276 e. The number of fused-ring (bicyclic) bond motifs is 1. The molecule has 2 aliphatic rings. The topological polar surface area (TPSA) is 113 Å². The van der Waals surface area contributed by atoms with Gasteiger partial charge in [-0.05, 0) is 51.8 Å². The normalized spacial score (nSPS) is 16.8. The van der Waals surface area contributed by atoms with Gasteiger partial charge < -0.3 is 14.7 Å². The molecule has 0 unspecified atom stereocenters. The second-order valence-corrected chi connectivity index (χ2v) is 8.20. The number of aryl methyl sites for hydroxylation is 1. The Morgan fingerprint density at radius 2 is 1.77 bits per heavy atom. The van der Waals surface area contributed by atoms with Crippen LogP contribution in [0, 0.1) is 6.92 Å². The highest BCUT2D eigenvalue weighted by Gasteiger charge is 2.37. The van der Waals surface area contributed by atoms with Gasteiger partial charge in [0.2, 0.25) is 0 Å². The molecule has 1 aromatic carbocycles. The molecule has 0 saturated carbocycles. The summed E-state index contributed by atoms with van der Waals surface area (Å²) in [5, 5.41) is 6.73. The number of hydrogen-bond acceptors (Lipinski definition) is 6. The Kier molecular flexibility index (Phi) is 5.34. The lowest BCUT2D eigenvalue weighted by molar-refractivity contribution is 0.0607. The summed E-state index contributed by atoms with van der Waals surface area (Å²) in [4.78, 5) is 53.0. The number of benzene rings is 1. The van der Waals surface area contributed by atoms with Crippen molar-refractivity contribution >= 4 is 23.6 Å². The Morgan fingerprint density at radius 1 is 1.10 bits per heavy atom. The molecule has 0 atom stereocenters. The standard InChI is InChI=1S/C22H24N4O5/c1-12(2)26-20(28)16-5-4-14(11-17(16)21(26)29)19(27)23-15-6-8-25(9-7-15)22(30)18-10-13(3)31-24-18/h4-5,10-12,15H,6-9H2,1-3H3,(H,23,27). The predicted molar refractivity (Wildman–Crippen MR) is 110 cm³/mol. The third kappa shape index (κ3) is 3.83. The van der Waals surface area contributed by atoms with Crippen LogP contribution in [0.2, 0.25) is 0 Å². The summed E-state index contributed by atoms with van der Waals surface area (Å²) in [6.07, 6.45) is 1.22. The Hall–Kier alpha value is -3.49. The van der Waals surface area contributed by atoms with Crippen LogP contribution in [0.1, 0.15) is 74.0 Å². The van der Waals surface area contributed by atoms with E-state index in [1.54, 1.807) is 37.8 Å². The van der Waals surface area contributed by atoms with Crippen LogP contribution in [0.25, 0.3) is 0 Å². The summed E-state index contributed by atoms with van der Waals surface area (Å²) in [7, 11) is 0. The number of carbonyl (C=O) groups excluding carboxylic acids is 4. The number of hydrogen-bond donors (Lipinski definition) is 1. The second kappa shape index (κ2) is 7.98. The first-order valence-electron chi connectivity index (χ1n) is 10.3. The van der Waals surface area contributed by atoms with Crippen molar-refractivity contribution < 1.29 is 23.7 Å². The smallest absolute Gasteiger partial charge is 0.276 e. The summed E-state index contributed by atoms with van der Waals surface area (Å²) in [5.74, 6) is -0.613. The molecule has 1 aromatic heterocycles. The van der Waals surface area contributed by atoms with E-state index in [2.05, 4.69) is 10.5 Å². The van der Waals surface area contributed by atoms with E-state index in [0.29, 0.717) is 42.8 Å². The number of aromatic nitrogens is 1. The van der Waals surface area contributed by atoms with Crippen molar-refractivity contribution in [1.82, 2.24) is 20.3 Å². The fourth-order valence-corrected chi connectivity index (χ4v) is 3.99. The van der Waals surface area contributed by atoms with E-state index in [1.807, 2.05) is 0 Å². The molecule has 0 aliphatic carbocycles. The van der Waals surface area contributed by atoms with Gasteiger partial charge in [0, 0.05) is 36.8 Å². The van der Waals surface area contributed by atoms with Crippen LogP contribution in [-0.4, -0.2) is 63.8 Å². The van der Waals surface area contributed by atoms with Crippen molar-refractivity contribution in [3.05, 3.63) is 52.4 Å². The minimum atomic E-state index is -0.375. The quantitative estimate of drug-likeness (QED) is 0.752. The number of nitrogens with zero attached hydrogens (tertiary/aromatic N) is 3. The molecular weight excluding hydrogens is 400 g/mol. The lowest BCUT2D eigenvalue weighted by atomic mass is 10.0. The van der Waals surface area contributed by atoms with E-state index < -0.39 is 0 Å². The van der Waals surface area contributed by atoms with Crippen LogP contribution in [-0.2, 0) is 0 Å². The van der Waals surface area contributed by atoms with Crippen LogP contribution < -0.4 is 5.32 Å². The average Bonchev–Trinajstić information content (AvgIpc) is 3.29. The lowest BCUT2D eigenvalue weighted by Crippen LogP contribution is -2.46. The molecule has 1 saturated heterocycles. The Morgan fingerprint density at radius 3 is 2.39 bits per heavy atom. The first-order chi connectivity index (χ1) is 14.8. The number of rotatable bonds is 4. The van der Waals surface area contributed by atoms with Gasteiger partial charge in [-0.1, -0.05) is 5.16 Å². The molecule has 9 heteroatoms. The Bertz CT molecular complexity index is 1070. The van der Waals surface area contributed by atoms with Crippen LogP contribution in [0.5, 0.6) is 0 Å². The van der Waals surface area contributed by atoms with E-state index in [9.17, 15) is 19.2 Å². The molecule has 4 amide bonds. The minimum Gasteiger partial charge on any atom is -0.361 e. The summed E-state index contributed by atoms with van der Waals surface area (Å²) in [5.41, 5.74) is 1.20. The molecule has 162 valence electrons. The Balaban J connectivity index is 1.38. The van der Waals surface area contributed by atoms with Crippen molar-refractivity contribution in [1.29, 1.82) is 0 Å². The second-order valence-electron chi connectivity index (χ2n) is 8.20. The van der Waals surface area contributed by atoms with Gasteiger partial charge >= 0.3 is 0 Å². The molecule has 2 aliphatic heterocycles. The third-order valence-electron chi connectivity index (χ3n) is 5.66. The lowest BCUT2D eigenvalue weighted by Gasteiger charge is -2.31. The molecular formula is C22H24N4O5. The summed E-state index contributed by atoms with van der Waals surface area (Å²) >= 11 is 0. The number of piperidine rings is 1. The minimum absolute atomic E-state index is 0.0895. The molecule has 1 fully saturated rings. The van der Waals surface area contributed by atoms with Crippen LogP contribution in [0.3, 0.4) is 0 Å². The molecule has 31 heavy (non-hydrogen) atoms. The van der Waals surface area contributed by atoms with E-state index in [1.165, 1.54) is 17.0 Å². The van der Waals surface area contributed by atoms with Crippen molar-refractivity contribution in [2.75, 3.05) is 13.1 Å². The highest BCUT2D eigenvalue weighted by atomic mass is 16.5. The van der Waals surface area contributed by atoms with Crippen molar-refractivity contribution in [2.24, 2.45) is 0 Å². The molecule has 0 bridgehead atoms. The van der Waals surface area contributed by atoms with Crippen molar-refractivity contribution in [3.8, 4) is 0 Å². The van der Waals surface area contributed by atoms with E-state index in [0.717, 1.165) is 0 Å². The van der Waals surface area contributed by atoms with Crippen LogP contribution >= 0.6 is 0 Å². The number of carbonyl (C=O) groups is 4. The molecule has 4 rings (SSSR count). The van der Waals surface area contributed by atoms with Gasteiger partial charge in [0.05, 0.1) is 11.1 Å². The largest absolute Gasteiger partial charge is 0.361 e. The highest BCUT2D eigenvalue weighted by molar-refractivity contribution is 6.22. The molecule has 9 nitrogen and oxygen atoms in total. The summed E-state index contributed by atoms with van der Waals surface area (Å²) in [6, 6.07) is 5.85. The fourth-order valence-electron chi connectivity index (χ4n) is 3.99. The highest BCUT2D eigenvalue weighted by Crippen LogP contribution is 2.26. The fraction of sp³-hybridized carbons (Fsp3) is 0.409. The number of nitrogens with one attached hydrogen (secondary N) is 1. The predicted octanol–water partition coefficient (Wildman–Crippen LogP) is 2.02. The monoisotopic (exact) mass is 424 g/mol. The zero-order chi connectivity index (χ0) is 22.3. The van der Waals surface area contributed by atoms with Gasteiger partial charge in [0.1, 0.15) is 5.76 Å².